The van der Waals surface area contributed by atoms with E-state index in [0.29, 0.717) is 17.9 Å². The molecule has 0 unspecified atom stereocenters. The second kappa shape index (κ2) is 8.70. The number of carbonyl (C=O) groups excluding carboxylic acids is 1. The second-order valence-electron chi connectivity index (χ2n) is 4.43. The van der Waals surface area contributed by atoms with Crippen molar-refractivity contribution in [2.45, 2.75) is 52.1 Å². The Hall–Kier alpha value is -1.35. The number of aliphatic hydroxyl groups is 1. The lowest BCUT2D eigenvalue weighted by Gasteiger charge is -1.97. The van der Waals surface area contributed by atoms with Crippen molar-refractivity contribution < 1.29 is 14.3 Å². The van der Waals surface area contributed by atoms with Crippen molar-refractivity contribution in [1.29, 1.82) is 0 Å². The fourth-order valence-electron chi connectivity index (χ4n) is 1.73. The van der Waals surface area contributed by atoms with Gasteiger partial charge in [-0.15, -0.1) is 0 Å². The molecule has 1 aromatic heterocycles. The van der Waals surface area contributed by atoms with E-state index < -0.39 is 0 Å². The first-order valence-corrected chi connectivity index (χ1v) is 6.66. The Morgan fingerprint density at radius 1 is 1.28 bits per heavy atom. The van der Waals surface area contributed by atoms with Crippen LogP contribution in [0.2, 0.25) is 0 Å². The van der Waals surface area contributed by atoms with Gasteiger partial charge in [-0.1, -0.05) is 32.6 Å². The van der Waals surface area contributed by atoms with E-state index in [9.17, 15) is 4.79 Å². The van der Waals surface area contributed by atoms with Crippen LogP contribution in [0.5, 0.6) is 0 Å². The quantitative estimate of drug-likeness (QED) is 0.537. The third-order valence-corrected chi connectivity index (χ3v) is 2.80. The number of allylic oxidation sites excluding steroid dienone is 1. The average Bonchev–Trinajstić information content (AvgIpc) is 2.84. The molecule has 0 aliphatic carbocycles. The van der Waals surface area contributed by atoms with Crippen molar-refractivity contribution in [1.82, 2.24) is 0 Å². The predicted molar refractivity (Wildman–Crippen MR) is 72.0 cm³/mol. The van der Waals surface area contributed by atoms with Crippen LogP contribution in [-0.4, -0.2) is 10.9 Å². The molecule has 3 nitrogen and oxygen atoms in total. The summed E-state index contributed by atoms with van der Waals surface area (Å²) in [5.41, 5.74) is 0. The number of ketones is 1. The van der Waals surface area contributed by atoms with Crippen LogP contribution in [0.4, 0.5) is 0 Å². The minimum Gasteiger partial charge on any atom is -0.459 e. The third-order valence-electron chi connectivity index (χ3n) is 2.80. The first kappa shape index (κ1) is 14.7. The molecule has 1 heterocycles. The van der Waals surface area contributed by atoms with Gasteiger partial charge in [-0.3, -0.25) is 4.79 Å². The molecule has 1 aromatic rings. The van der Waals surface area contributed by atoms with Gasteiger partial charge in [-0.05, 0) is 30.7 Å². The maximum absolute atomic E-state index is 11.5. The highest BCUT2D eigenvalue weighted by molar-refractivity contribution is 5.93. The molecule has 0 saturated heterocycles. The van der Waals surface area contributed by atoms with Crippen molar-refractivity contribution in [3.8, 4) is 0 Å². The van der Waals surface area contributed by atoms with Crippen molar-refractivity contribution in [3.63, 3.8) is 0 Å². The minimum atomic E-state index is -0.112. The molecular formula is C15H22O3. The van der Waals surface area contributed by atoms with Crippen LogP contribution < -0.4 is 0 Å². The van der Waals surface area contributed by atoms with Gasteiger partial charge in [0.15, 0.2) is 5.78 Å². The first-order valence-electron chi connectivity index (χ1n) is 6.66. The van der Waals surface area contributed by atoms with E-state index in [2.05, 4.69) is 6.92 Å². The average molecular weight is 250 g/mol. The van der Waals surface area contributed by atoms with Crippen LogP contribution in [0.25, 0.3) is 6.08 Å². The molecule has 18 heavy (non-hydrogen) atoms. The Kier molecular flexibility index (Phi) is 7.11. The smallest absolute Gasteiger partial charge is 0.155 e. The Balaban J connectivity index is 2.22. The Labute approximate surface area is 109 Å². The zero-order valence-electron chi connectivity index (χ0n) is 11.0. The highest BCUT2D eigenvalue weighted by Gasteiger charge is 1.99. The maximum Gasteiger partial charge on any atom is 0.155 e. The van der Waals surface area contributed by atoms with Crippen LogP contribution in [-0.2, 0) is 11.4 Å². The molecule has 0 aromatic carbocycles. The van der Waals surface area contributed by atoms with Gasteiger partial charge in [-0.2, -0.15) is 0 Å². The number of carbonyl (C=O) groups is 1. The number of unbranched alkanes of at least 4 members (excludes halogenated alkanes) is 4. The summed E-state index contributed by atoms with van der Waals surface area (Å²) >= 11 is 0. The molecule has 0 amide bonds. The van der Waals surface area contributed by atoms with Crippen LogP contribution in [0.15, 0.2) is 22.6 Å². The summed E-state index contributed by atoms with van der Waals surface area (Å²) in [6.45, 7) is 2.07. The molecule has 0 atom stereocenters. The monoisotopic (exact) mass is 250 g/mol. The van der Waals surface area contributed by atoms with Crippen molar-refractivity contribution in [2.24, 2.45) is 0 Å². The van der Waals surface area contributed by atoms with Gasteiger partial charge >= 0.3 is 0 Å². The van der Waals surface area contributed by atoms with Crippen molar-refractivity contribution >= 4 is 11.9 Å². The first-order chi connectivity index (χ1) is 8.76. The highest BCUT2D eigenvalue weighted by Crippen LogP contribution is 2.10. The van der Waals surface area contributed by atoms with E-state index in [1.807, 2.05) is 0 Å². The molecule has 1 N–H and O–H groups in total. The lowest BCUT2D eigenvalue weighted by atomic mass is 10.1. The van der Waals surface area contributed by atoms with E-state index in [-0.39, 0.29) is 12.4 Å². The second-order valence-corrected chi connectivity index (χ2v) is 4.43. The molecular weight excluding hydrogens is 228 g/mol. The predicted octanol–water partition coefficient (Wildman–Crippen LogP) is 3.71. The van der Waals surface area contributed by atoms with Gasteiger partial charge in [-0.25, -0.2) is 0 Å². The summed E-state index contributed by atoms with van der Waals surface area (Å²) in [5, 5.41) is 8.83. The van der Waals surface area contributed by atoms with Crippen molar-refractivity contribution in [2.75, 3.05) is 0 Å². The topological polar surface area (TPSA) is 50.4 Å². The summed E-state index contributed by atoms with van der Waals surface area (Å²) in [7, 11) is 0. The highest BCUT2D eigenvalue weighted by atomic mass is 16.4. The molecule has 0 fully saturated rings. The van der Waals surface area contributed by atoms with E-state index in [1.54, 1.807) is 24.3 Å². The number of rotatable bonds is 9. The summed E-state index contributed by atoms with van der Waals surface area (Å²) in [6.07, 6.45) is 9.60. The molecule has 0 aliphatic rings. The molecule has 0 bridgehead atoms. The third kappa shape index (κ3) is 5.82. The van der Waals surface area contributed by atoms with E-state index >= 15 is 0 Å². The lowest BCUT2D eigenvalue weighted by molar-refractivity contribution is -0.114. The maximum atomic E-state index is 11.5. The molecule has 0 saturated carbocycles. The molecule has 1 rings (SSSR count). The van der Waals surface area contributed by atoms with Gasteiger partial charge < -0.3 is 9.52 Å². The molecule has 0 spiro atoms. The summed E-state index contributed by atoms with van der Waals surface area (Å²) in [5.74, 6) is 1.26. The lowest BCUT2D eigenvalue weighted by Crippen LogP contribution is -1.92. The normalized spacial score (nSPS) is 11.2. The summed E-state index contributed by atoms with van der Waals surface area (Å²) < 4.78 is 5.25. The van der Waals surface area contributed by atoms with Crippen LogP contribution in [0, 0.1) is 0 Å². The number of hydrogen-bond donors (Lipinski definition) is 1. The SMILES string of the molecule is CCCCCCCC(=O)C=Cc1ccc(CO)o1. The fraction of sp³-hybridized carbons (Fsp3) is 0.533. The van der Waals surface area contributed by atoms with Gasteiger partial charge in [0.2, 0.25) is 0 Å². The largest absolute Gasteiger partial charge is 0.459 e. The zero-order valence-corrected chi connectivity index (χ0v) is 11.0. The standard InChI is InChI=1S/C15H22O3/c1-2-3-4-5-6-7-13(17)8-9-14-10-11-15(12-16)18-14/h8-11,16H,2-7,12H2,1H3. The molecule has 0 aliphatic heterocycles. The van der Waals surface area contributed by atoms with Crippen LogP contribution >= 0.6 is 0 Å². The van der Waals surface area contributed by atoms with Gasteiger partial charge in [0.1, 0.15) is 18.1 Å². The summed E-state index contributed by atoms with van der Waals surface area (Å²) in [6, 6.07) is 3.45. The summed E-state index contributed by atoms with van der Waals surface area (Å²) in [4.78, 5) is 11.5. The Morgan fingerprint density at radius 3 is 2.72 bits per heavy atom. The molecule has 100 valence electrons. The van der Waals surface area contributed by atoms with Gasteiger partial charge in [0, 0.05) is 6.42 Å². The van der Waals surface area contributed by atoms with Gasteiger partial charge in [0.05, 0.1) is 0 Å². The zero-order chi connectivity index (χ0) is 13.2. The number of hydrogen-bond acceptors (Lipinski definition) is 3. The minimum absolute atomic E-state index is 0.112. The van der Waals surface area contributed by atoms with E-state index in [4.69, 9.17) is 9.52 Å². The van der Waals surface area contributed by atoms with Crippen LogP contribution in [0.1, 0.15) is 57.0 Å². The number of aliphatic hydroxyl groups excluding tert-OH is 1. The fourth-order valence-corrected chi connectivity index (χ4v) is 1.73. The Bertz CT molecular complexity index is 377. The Morgan fingerprint density at radius 2 is 2.06 bits per heavy atom. The molecule has 0 radical (unpaired) electrons. The van der Waals surface area contributed by atoms with Crippen molar-refractivity contribution in [3.05, 3.63) is 29.7 Å². The van der Waals surface area contributed by atoms with E-state index in [0.717, 1.165) is 12.8 Å². The number of furan rings is 1. The van der Waals surface area contributed by atoms with Gasteiger partial charge in [0.25, 0.3) is 0 Å². The van der Waals surface area contributed by atoms with E-state index in [1.165, 1.54) is 19.3 Å². The van der Waals surface area contributed by atoms with Crippen LogP contribution in [0.3, 0.4) is 0 Å². The molecule has 3 heteroatoms.